The van der Waals surface area contributed by atoms with Crippen molar-refractivity contribution in [1.29, 1.82) is 0 Å². The molecule has 2 aliphatic rings. The Morgan fingerprint density at radius 3 is 3.15 bits per heavy atom. The highest BCUT2D eigenvalue weighted by Crippen LogP contribution is 2.42. The van der Waals surface area contributed by atoms with Crippen molar-refractivity contribution in [1.82, 2.24) is 15.0 Å². The molecule has 3 rings (SSSR count). The molecule has 0 aliphatic carbocycles. The van der Waals surface area contributed by atoms with Gasteiger partial charge in [0.2, 0.25) is 11.8 Å². The van der Waals surface area contributed by atoms with E-state index in [2.05, 4.69) is 10.1 Å². The van der Waals surface area contributed by atoms with Crippen molar-refractivity contribution >= 4 is 5.91 Å². The van der Waals surface area contributed by atoms with Gasteiger partial charge in [-0.05, 0) is 19.8 Å². The van der Waals surface area contributed by atoms with Crippen LogP contribution < -0.4 is 0 Å². The van der Waals surface area contributed by atoms with Gasteiger partial charge in [-0.25, -0.2) is 0 Å². The first-order valence-corrected chi connectivity index (χ1v) is 6.85. The Hall–Kier alpha value is -1.47. The number of hydrogen-bond acceptors (Lipinski definition) is 6. The van der Waals surface area contributed by atoms with E-state index in [0.717, 1.165) is 12.8 Å². The summed E-state index contributed by atoms with van der Waals surface area (Å²) in [7, 11) is 1.53. The molecule has 2 saturated heterocycles. The molecule has 0 aromatic carbocycles. The third-order valence-electron chi connectivity index (χ3n) is 4.19. The standard InChI is InChI=1S/C13H19N3O4/c1-9-14-12(20-15-9)13-4-6-19-10(13)3-5-16(8-13)11(17)7-18-2/h10H,3-8H2,1-2H3/t10-,13+/m0/s1. The first-order chi connectivity index (χ1) is 9.65. The van der Waals surface area contributed by atoms with Crippen LogP contribution in [0.25, 0.3) is 0 Å². The minimum Gasteiger partial charge on any atom is -0.377 e. The van der Waals surface area contributed by atoms with Crippen molar-refractivity contribution in [3.05, 3.63) is 11.7 Å². The van der Waals surface area contributed by atoms with E-state index < -0.39 is 0 Å². The molecule has 7 nitrogen and oxygen atoms in total. The van der Waals surface area contributed by atoms with Crippen LogP contribution in [0.15, 0.2) is 4.52 Å². The fourth-order valence-electron chi connectivity index (χ4n) is 3.18. The fraction of sp³-hybridized carbons (Fsp3) is 0.769. The van der Waals surface area contributed by atoms with Gasteiger partial charge >= 0.3 is 0 Å². The molecule has 0 saturated carbocycles. The van der Waals surface area contributed by atoms with Crippen LogP contribution in [0.5, 0.6) is 0 Å². The molecule has 0 unspecified atom stereocenters. The summed E-state index contributed by atoms with van der Waals surface area (Å²) in [4.78, 5) is 18.3. The summed E-state index contributed by atoms with van der Waals surface area (Å²) in [5.41, 5.74) is -0.358. The molecule has 2 atom stereocenters. The number of fused-ring (bicyclic) bond motifs is 1. The van der Waals surface area contributed by atoms with Crippen molar-refractivity contribution in [3.8, 4) is 0 Å². The molecule has 2 aliphatic heterocycles. The first-order valence-electron chi connectivity index (χ1n) is 6.85. The van der Waals surface area contributed by atoms with Gasteiger partial charge < -0.3 is 18.9 Å². The lowest BCUT2D eigenvalue weighted by Crippen LogP contribution is -2.54. The maximum absolute atomic E-state index is 12.1. The third-order valence-corrected chi connectivity index (χ3v) is 4.19. The Balaban J connectivity index is 1.87. The summed E-state index contributed by atoms with van der Waals surface area (Å²) in [5, 5.41) is 3.88. The molecule has 0 radical (unpaired) electrons. The molecule has 110 valence electrons. The number of ether oxygens (including phenoxy) is 2. The molecule has 3 heterocycles. The average Bonchev–Trinajstić information content (AvgIpc) is 3.04. The SMILES string of the molecule is COCC(=O)N1CC[C@@H]2OCC[C@@]2(c2nc(C)no2)C1. The molecular weight excluding hydrogens is 262 g/mol. The summed E-state index contributed by atoms with van der Waals surface area (Å²) in [6.07, 6.45) is 1.64. The van der Waals surface area contributed by atoms with Crippen molar-refractivity contribution in [2.24, 2.45) is 0 Å². The number of nitrogens with zero attached hydrogens (tertiary/aromatic N) is 3. The Bertz CT molecular complexity index is 504. The summed E-state index contributed by atoms with van der Waals surface area (Å²) < 4.78 is 16.1. The molecule has 20 heavy (non-hydrogen) atoms. The van der Waals surface area contributed by atoms with E-state index in [1.165, 1.54) is 7.11 Å². The van der Waals surface area contributed by atoms with Crippen molar-refractivity contribution in [3.63, 3.8) is 0 Å². The number of aryl methyl sites for hydroxylation is 1. The minimum absolute atomic E-state index is 0.00605. The van der Waals surface area contributed by atoms with E-state index in [4.69, 9.17) is 14.0 Å². The summed E-state index contributed by atoms with van der Waals surface area (Å²) >= 11 is 0. The normalized spacial score (nSPS) is 29.5. The van der Waals surface area contributed by atoms with Crippen molar-refractivity contribution in [2.45, 2.75) is 31.3 Å². The van der Waals surface area contributed by atoms with E-state index in [-0.39, 0.29) is 24.0 Å². The van der Waals surface area contributed by atoms with Crippen LogP contribution >= 0.6 is 0 Å². The predicted octanol–water partition coefficient (Wildman–Crippen LogP) is 0.283. The van der Waals surface area contributed by atoms with Crippen LogP contribution in [0.4, 0.5) is 0 Å². The van der Waals surface area contributed by atoms with Crippen LogP contribution in [0.1, 0.15) is 24.6 Å². The molecule has 0 bridgehead atoms. The second-order valence-electron chi connectivity index (χ2n) is 5.45. The number of likely N-dealkylation sites (tertiary alicyclic amines) is 1. The van der Waals surface area contributed by atoms with Gasteiger partial charge in [-0.15, -0.1) is 0 Å². The zero-order valence-corrected chi connectivity index (χ0v) is 11.8. The van der Waals surface area contributed by atoms with Crippen LogP contribution in [-0.4, -0.2) is 60.5 Å². The Labute approximate surface area is 117 Å². The van der Waals surface area contributed by atoms with Crippen molar-refractivity contribution < 1.29 is 18.8 Å². The van der Waals surface area contributed by atoms with Gasteiger partial charge in [-0.1, -0.05) is 5.16 Å². The van der Waals surface area contributed by atoms with E-state index in [1.54, 1.807) is 6.92 Å². The van der Waals surface area contributed by atoms with Crippen LogP contribution in [0.2, 0.25) is 0 Å². The number of methoxy groups -OCH3 is 1. The molecule has 2 fully saturated rings. The highest BCUT2D eigenvalue weighted by Gasteiger charge is 2.53. The smallest absolute Gasteiger partial charge is 0.248 e. The molecule has 0 N–H and O–H groups in total. The topological polar surface area (TPSA) is 77.7 Å². The van der Waals surface area contributed by atoms with E-state index >= 15 is 0 Å². The zero-order valence-electron chi connectivity index (χ0n) is 11.8. The Kier molecular flexibility index (Phi) is 3.47. The van der Waals surface area contributed by atoms with Crippen LogP contribution in [-0.2, 0) is 19.7 Å². The lowest BCUT2D eigenvalue weighted by molar-refractivity contribution is -0.139. The molecule has 0 spiro atoms. The second kappa shape index (κ2) is 5.14. The highest BCUT2D eigenvalue weighted by molar-refractivity contribution is 5.77. The van der Waals surface area contributed by atoms with Crippen molar-refractivity contribution in [2.75, 3.05) is 33.4 Å². The average molecular weight is 281 g/mol. The van der Waals surface area contributed by atoms with E-state index in [9.17, 15) is 4.79 Å². The summed E-state index contributed by atoms with van der Waals surface area (Å²) in [6.45, 7) is 3.80. The van der Waals surface area contributed by atoms with Gasteiger partial charge in [0, 0.05) is 26.8 Å². The summed E-state index contributed by atoms with van der Waals surface area (Å²) in [5.74, 6) is 1.20. The molecule has 1 amide bonds. The van der Waals surface area contributed by atoms with Gasteiger partial charge in [-0.2, -0.15) is 4.98 Å². The maximum Gasteiger partial charge on any atom is 0.248 e. The minimum atomic E-state index is -0.358. The molecule has 1 aromatic heterocycles. The fourth-order valence-corrected chi connectivity index (χ4v) is 3.18. The number of aromatic nitrogens is 2. The quantitative estimate of drug-likeness (QED) is 0.792. The van der Waals surface area contributed by atoms with Crippen LogP contribution in [0.3, 0.4) is 0 Å². The number of carbonyl (C=O) groups excluding carboxylic acids is 1. The maximum atomic E-state index is 12.1. The largest absolute Gasteiger partial charge is 0.377 e. The lowest BCUT2D eigenvalue weighted by atomic mass is 9.76. The molecule has 7 heteroatoms. The highest BCUT2D eigenvalue weighted by atomic mass is 16.5. The number of rotatable bonds is 3. The predicted molar refractivity (Wildman–Crippen MR) is 68.1 cm³/mol. The third kappa shape index (κ3) is 2.10. The molecular formula is C13H19N3O4. The lowest BCUT2D eigenvalue weighted by Gasteiger charge is -2.41. The van der Waals surface area contributed by atoms with Crippen LogP contribution in [0, 0.1) is 6.92 Å². The van der Waals surface area contributed by atoms with Gasteiger partial charge in [0.05, 0.1) is 11.5 Å². The molecule has 1 aromatic rings. The monoisotopic (exact) mass is 281 g/mol. The number of amides is 1. The van der Waals surface area contributed by atoms with E-state index in [0.29, 0.717) is 31.4 Å². The number of carbonyl (C=O) groups is 1. The number of hydrogen-bond donors (Lipinski definition) is 0. The van der Waals surface area contributed by atoms with E-state index in [1.807, 2.05) is 4.90 Å². The first kappa shape index (κ1) is 13.5. The number of piperidine rings is 1. The summed E-state index contributed by atoms with van der Waals surface area (Å²) in [6, 6.07) is 0. The zero-order chi connectivity index (χ0) is 14.2. The second-order valence-corrected chi connectivity index (χ2v) is 5.45. The van der Waals surface area contributed by atoms with Gasteiger partial charge in [-0.3, -0.25) is 4.79 Å². The van der Waals surface area contributed by atoms with Gasteiger partial charge in [0.25, 0.3) is 0 Å². The van der Waals surface area contributed by atoms with Gasteiger partial charge in [0.15, 0.2) is 5.82 Å². The Morgan fingerprint density at radius 1 is 1.60 bits per heavy atom. The van der Waals surface area contributed by atoms with Gasteiger partial charge in [0.1, 0.15) is 6.61 Å². The Morgan fingerprint density at radius 2 is 2.45 bits per heavy atom.